The van der Waals surface area contributed by atoms with E-state index in [1.807, 2.05) is 0 Å². The summed E-state index contributed by atoms with van der Waals surface area (Å²) in [5, 5.41) is 31.3. The summed E-state index contributed by atoms with van der Waals surface area (Å²) in [7, 11) is 0. The standard InChI is InChI=1S/C57H96O12/c1-4-7-10-13-16-19-22-23-24-25-26-27-30-31-34-37-40-43-49(58)65-46-48(67-50(59)44-41-38-35-32-28-20-17-14-11-8-5-2)47-66-57-55(53(62)52(61)54(69-57)56(63)64)68-51(60)45-42-39-36-33-29-21-18-15-12-9-6-3/h7,10,14,16-17,19,23-24,26-27,48,52-55,57,61-62H,4-6,8-9,11-13,15,18,20-22,25,28-47H2,1-3H3,(H,63,64)/b10-7-,17-14-,19-16-,24-23-,27-26-. The number of aliphatic carboxylic acids is 1. The molecule has 1 aliphatic heterocycles. The molecule has 0 radical (unpaired) electrons. The van der Waals surface area contributed by atoms with Crippen LogP contribution in [-0.4, -0.2) is 89.2 Å². The van der Waals surface area contributed by atoms with E-state index in [9.17, 15) is 34.5 Å². The van der Waals surface area contributed by atoms with Crippen molar-refractivity contribution in [3.63, 3.8) is 0 Å². The van der Waals surface area contributed by atoms with Crippen molar-refractivity contribution in [2.24, 2.45) is 0 Å². The highest BCUT2D eigenvalue weighted by Gasteiger charge is 2.50. The molecule has 1 aliphatic rings. The number of ether oxygens (including phenoxy) is 5. The van der Waals surface area contributed by atoms with E-state index in [-0.39, 0.29) is 25.9 Å². The van der Waals surface area contributed by atoms with Gasteiger partial charge in [0.2, 0.25) is 0 Å². The van der Waals surface area contributed by atoms with Gasteiger partial charge in [-0.2, -0.15) is 0 Å². The lowest BCUT2D eigenvalue weighted by Gasteiger charge is -2.40. The number of carbonyl (C=O) groups excluding carboxylic acids is 3. The second-order valence-electron chi connectivity index (χ2n) is 18.5. The summed E-state index contributed by atoms with van der Waals surface area (Å²) in [4.78, 5) is 50.9. The number of rotatable bonds is 45. The van der Waals surface area contributed by atoms with Crippen LogP contribution >= 0.6 is 0 Å². The van der Waals surface area contributed by atoms with E-state index in [1.165, 1.54) is 51.4 Å². The maximum atomic E-state index is 13.1. The number of carbonyl (C=O) groups is 4. The molecule has 0 aromatic rings. The molecule has 69 heavy (non-hydrogen) atoms. The third kappa shape index (κ3) is 36.1. The molecule has 1 saturated heterocycles. The molecule has 0 aliphatic carbocycles. The zero-order chi connectivity index (χ0) is 50.4. The lowest BCUT2D eigenvalue weighted by Crippen LogP contribution is -2.61. The fraction of sp³-hybridized carbons (Fsp3) is 0.754. The maximum Gasteiger partial charge on any atom is 0.335 e. The van der Waals surface area contributed by atoms with Gasteiger partial charge >= 0.3 is 23.9 Å². The first-order chi connectivity index (χ1) is 33.6. The van der Waals surface area contributed by atoms with Crippen molar-refractivity contribution < 1.29 is 58.2 Å². The van der Waals surface area contributed by atoms with Crippen LogP contribution in [0.25, 0.3) is 0 Å². The number of carboxylic acid groups (broad SMARTS) is 1. The fourth-order valence-electron chi connectivity index (χ4n) is 7.87. The van der Waals surface area contributed by atoms with Gasteiger partial charge in [-0.3, -0.25) is 14.4 Å². The number of esters is 3. The Kier molecular flexibility index (Phi) is 41.9. The van der Waals surface area contributed by atoms with E-state index in [0.717, 1.165) is 116 Å². The van der Waals surface area contributed by atoms with Crippen molar-refractivity contribution >= 4 is 23.9 Å². The monoisotopic (exact) mass is 973 g/mol. The van der Waals surface area contributed by atoms with Crippen LogP contribution in [-0.2, 0) is 42.9 Å². The molecule has 12 nitrogen and oxygen atoms in total. The lowest BCUT2D eigenvalue weighted by atomic mass is 9.98. The SMILES string of the molecule is CC/C=C\C/C=C\C/C=C\C/C=C\CCCCCCC(=O)OCC(COC1OC(C(=O)O)C(O)C(O)C1OC(=O)CCCCCCCCCCCCC)OC(=O)CCCCCCC/C=C\CCCC. The van der Waals surface area contributed by atoms with Crippen molar-refractivity contribution in [3.05, 3.63) is 60.8 Å². The van der Waals surface area contributed by atoms with Crippen molar-refractivity contribution in [1.29, 1.82) is 0 Å². The van der Waals surface area contributed by atoms with Crippen LogP contribution in [0.1, 0.15) is 226 Å². The Morgan fingerprint density at radius 2 is 0.928 bits per heavy atom. The molecular weight excluding hydrogens is 877 g/mol. The van der Waals surface area contributed by atoms with Gasteiger partial charge in [0.25, 0.3) is 0 Å². The molecule has 0 aromatic carbocycles. The van der Waals surface area contributed by atoms with Gasteiger partial charge in [0, 0.05) is 19.3 Å². The number of hydrogen-bond donors (Lipinski definition) is 3. The van der Waals surface area contributed by atoms with Gasteiger partial charge in [0.05, 0.1) is 6.61 Å². The minimum Gasteiger partial charge on any atom is -0.479 e. The summed E-state index contributed by atoms with van der Waals surface area (Å²) >= 11 is 0. The van der Waals surface area contributed by atoms with Crippen LogP contribution in [0.5, 0.6) is 0 Å². The average molecular weight is 973 g/mol. The molecule has 1 fully saturated rings. The number of aliphatic hydroxyl groups excluding tert-OH is 2. The van der Waals surface area contributed by atoms with E-state index >= 15 is 0 Å². The maximum absolute atomic E-state index is 13.1. The van der Waals surface area contributed by atoms with Crippen LogP contribution in [0, 0.1) is 0 Å². The third-order valence-corrected chi connectivity index (χ3v) is 12.1. The summed E-state index contributed by atoms with van der Waals surface area (Å²) in [5.74, 6) is -3.16. The number of aliphatic hydroxyl groups is 2. The van der Waals surface area contributed by atoms with Crippen LogP contribution in [0.15, 0.2) is 60.8 Å². The van der Waals surface area contributed by atoms with Crippen LogP contribution < -0.4 is 0 Å². The first-order valence-electron chi connectivity index (χ1n) is 27.3. The number of unbranched alkanes of at least 4 members (excludes halogenated alkanes) is 21. The van der Waals surface area contributed by atoms with Gasteiger partial charge in [0.1, 0.15) is 18.8 Å². The molecule has 0 saturated carbocycles. The predicted molar refractivity (Wildman–Crippen MR) is 275 cm³/mol. The van der Waals surface area contributed by atoms with Crippen LogP contribution in [0.4, 0.5) is 0 Å². The minimum absolute atomic E-state index is 0.0585. The van der Waals surface area contributed by atoms with Gasteiger partial charge in [-0.05, 0) is 77.0 Å². The van der Waals surface area contributed by atoms with Crippen molar-refractivity contribution in [2.45, 2.75) is 263 Å². The van der Waals surface area contributed by atoms with Gasteiger partial charge in [-0.1, -0.05) is 191 Å². The Hall–Kier alpha value is -3.58. The second-order valence-corrected chi connectivity index (χ2v) is 18.5. The molecule has 12 heteroatoms. The Balaban J connectivity index is 2.72. The lowest BCUT2D eigenvalue weighted by molar-refractivity contribution is -0.301. The first kappa shape index (κ1) is 63.4. The summed E-state index contributed by atoms with van der Waals surface area (Å²) in [6.07, 6.45) is 42.1. The average Bonchev–Trinajstić information content (AvgIpc) is 3.33. The van der Waals surface area contributed by atoms with Crippen molar-refractivity contribution in [3.8, 4) is 0 Å². The Morgan fingerprint density at radius 1 is 0.493 bits per heavy atom. The first-order valence-corrected chi connectivity index (χ1v) is 27.3. The minimum atomic E-state index is -1.90. The topological polar surface area (TPSA) is 175 Å². The van der Waals surface area contributed by atoms with E-state index in [2.05, 4.69) is 81.5 Å². The number of hydrogen-bond acceptors (Lipinski definition) is 11. The van der Waals surface area contributed by atoms with E-state index in [0.29, 0.717) is 19.3 Å². The Labute approximate surface area is 417 Å². The molecule has 1 rings (SSSR count). The van der Waals surface area contributed by atoms with Gasteiger partial charge in [0.15, 0.2) is 24.6 Å². The van der Waals surface area contributed by atoms with E-state index in [4.69, 9.17) is 23.7 Å². The number of allylic oxidation sites excluding steroid dienone is 10. The quantitative estimate of drug-likeness (QED) is 0.0228. The molecule has 0 spiro atoms. The summed E-state index contributed by atoms with van der Waals surface area (Å²) < 4.78 is 28.3. The second kappa shape index (κ2) is 45.6. The smallest absolute Gasteiger partial charge is 0.335 e. The zero-order valence-electron chi connectivity index (χ0n) is 43.3. The molecule has 0 aromatic heterocycles. The molecular formula is C57H96O12. The van der Waals surface area contributed by atoms with Crippen molar-refractivity contribution in [2.75, 3.05) is 13.2 Å². The molecule has 3 N–H and O–H groups in total. The summed E-state index contributed by atoms with van der Waals surface area (Å²) in [6, 6.07) is 0. The van der Waals surface area contributed by atoms with Crippen LogP contribution in [0.2, 0.25) is 0 Å². The zero-order valence-corrected chi connectivity index (χ0v) is 43.3. The Morgan fingerprint density at radius 3 is 1.45 bits per heavy atom. The normalized spacial score (nSPS) is 19.1. The van der Waals surface area contributed by atoms with Crippen molar-refractivity contribution in [1.82, 2.24) is 0 Å². The van der Waals surface area contributed by atoms with Gasteiger partial charge in [-0.15, -0.1) is 0 Å². The fourth-order valence-corrected chi connectivity index (χ4v) is 7.87. The third-order valence-electron chi connectivity index (χ3n) is 12.1. The predicted octanol–water partition coefficient (Wildman–Crippen LogP) is 13.2. The van der Waals surface area contributed by atoms with E-state index in [1.54, 1.807) is 0 Å². The molecule has 0 amide bonds. The highest BCUT2D eigenvalue weighted by Crippen LogP contribution is 2.26. The largest absolute Gasteiger partial charge is 0.479 e. The Bertz CT molecular complexity index is 1440. The summed E-state index contributed by atoms with van der Waals surface area (Å²) in [5.41, 5.74) is 0. The molecule has 6 unspecified atom stereocenters. The number of carboxylic acids is 1. The molecule has 6 atom stereocenters. The van der Waals surface area contributed by atoms with Gasteiger partial charge < -0.3 is 39.0 Å². The molecule has 0 bridgehead atoms. The van der Waals surface area contributed by atoms with Gasteiger partial charge in [-0.25, -0.2) is 4.79 Å². The van der Waals surface area contributed by atoms with Crippen LogP contribution in [0.3, 0.4) is 0 Å². The summed E-state index contributed by atoms with van der Waals surface area (Å²) in [6.45, 7) is 5.78. The highest BCUT2D eigenvalue weighted by atomic mass is 16.7. The molecule has 396 valence electrons. The molecule has 1 heterocycles. The van der Waals surface area contributed by atoms with E-state index < -0.39 is 67.3 Å². The highest BCUT2D eigenvalue weighted by molar-refractivity contribution is 5.74.